The molecule has 0 bridgehead atoms. The summed E-state index contributed by atoms with van der Waals surface area (Å²) in [5.74, 6) is -1.000. The van der Waals surface area contributed by atoms with Crippen molar-refractivity contribution in [3.05, 3.63) is 84.2 Å². The fourth-order valence-corrected chi connectivity index (χ4v) is 3.93. The Balaban J connectivity index is 1.84. The number of fused-ring (bicyclic) bond motifs is 6. The lowest BCUT2D eigenvalue weighted by Gasteiger charge is -2.13. The highest BCUT2D eigenvalue weighted by Gasteiger charge is 2.17. The molecule has 0 atom stereocenters. The average molecular weight is 372 g/mol. The molecule has 2 aromatic heterocycles. The molecule has 0 aliphatic carbocycles. The van der Waals surface area contributed by atoms with E-state index in [0.717, 1.165) is 27.3 Å². The maximum atomic E-state index is 14.8. The van der Waals surface area contributed by atoms with Crippen molar-refractivity contribution < 1.29 is 8.78 Å². The molecular weight excluding hydrogens is 354 g/mol. The molecule has 0 fully saturated rings. The average Bonchev–Trinajstić information content (AvgIpc) is 3.17. The zero-order chi connectivity index (χ0) is 19.4. The molecule has 0 aliphatic rings. The molecule has 28 heavy (non-hydrogen) atoms. The van der Waals surface area contributed by atoms with Gasteiger partial charge in [-0.05, 0) is 46.7 Å². The van der Waals surface area contributed by atoms with Crippen LogP contribution in [0, 0.1) is 11.6 Å². The second-order valence-corrected chi connectivity index (χ2v) is 7.41. The highest BCUT2D eigenvalue weighted by Crippen LogP contribution is 2.35. The standard InChI is InChI=1S/C24H18F2N2/c1-14(2)16-12-20(25)23(21(26)13-16)15-7-8-22-19(11-15)17-5-3-4-6-18(17)24-27-9-10-28(22)24/h3-14H,1-2H3. The van der Waals surface area contributed by atoms with Crippen LogP contribution in [0.1, 0.15) is 25.3 Å². The minimum atomic E-state index is -0.531. The first-order valence-electron chi connectivity index (χ1n) is 9.31. The van der Waals surface area contributed by atoms with Crippen LogP contribution in [0.15, 0.2) is 67.0 Å². The summed E-state index contributed by atoms with van der Waals surface area (Å²) in [6.45, 7) is 3.85. The number of nitrogens with zero attached hydrogens (tertiary/aromatic N) is 2. The summed E-state index contributed by atoms with van der Waals surface area (Å²) >= 11 is 0. The SMILES string of the molecule is CC(C)c1cc(F)c(-c2ccc3c(c2)c2ccccc2c2nccn32)c(F)c1. The molecule has 5 rings (SSSR count). The van der Waals surface area contributed by atoms with Crippen LogP contribution in [0.5, 0.6) is 0 Å². The fourth-order valence-electron chi connectivity index (χ4n) is 3.93. The van der Waals surface area contributed by atoms with E-state index in [0.29, 0.717) is 11.1 Å². The van der Waals surface area contributed by atoms with Crippen LogP contribution in [0.25, 0.3) is 38.4 Å². The number of hydrogen-bond acceptors (Lipinski definition) is 1. The number of rotatable bonds is 2. The number of benzene rings is 3. The van der Waals surface area contributed by atoms with Crippen LogP contribution in [0.4, 0.5) is 8.78 Å². The quantitative estimate of drug-likeness (QED) is 0.315. The molecule has 138 valence electrons. The van der Waals surface area contributed by atoms with Crippen molar-refractivity contribution in [2.24, 2.45) is 0 Å². The summed E-state index contributed by atoms with van der Waals surface area (Å²) in [7, 11) is 0. The van der Waals surface area contributed by atoms with E-state index in [1.54, 1.807) is 12.3 Å². The number of imidazole rings is 1. The van der Waals surface area contributed by atoms with E-state index in [-0.39, 0.29) is 11.5 Å². The first-order valence-corrected chi connectivity index (χ1v) is 9.31. The molecule has 5 aromatic rings. The molecule has 0 saturated heterocycles. The molecule has 0 amide bonds. The van der Waals surface area contributed by atoms with Gasteiger partial charge in [0.15, 0.2) is 0 Å². The van der Waals surface area contributed by atoms with Crippen LogP contribution < -0.4 is 0 Å². The molecule has 3 aromatic carbocycles. The highest BCUT2D eigenvalue weighted by atomic mass is 19.1. The van der Waals surface area contributed by atoms with Gasteiger partial charge < -0.3 is 0 Å². The van der Waals surface area contributed by atoms with E-state index in [2.05, 4.69) is 4.98 Å². The lowest BCUT2D eigenvalue weighted by molar-refractivity contribution is 0.583. The molecule has 0 saturated carbocycles. The lowest BCUT2D eigenvalue weighted by atomic mass is 9.95. The van der Waals surface area contributed by atoms with Gasteiger partial charge in [0.05, 0.1) is 11.1 Å². The van der Waals surface area contributed by atoms with Gasteiger partial charge in [-0.1, -0.05) is 44.2 Å². The fraction of sp³-hybridized carbons (Fsp3) is 0.125. The number of pyridine rings is 1. The minimum absolute atomic E-state index is 0.0149. The molecule has 2 heterocycles. The van der Waals surface area contributed by atoms with Crippen LogP contribution in [0.3, 0.4) is 0 Å². The summed E-state index contributed by atoms with van der Waals surface area (Å²) in [6, 6.07) is 16.4. The maximum Gasteiger partial charge on any atom is 0.145 e. The van der Waals surface area contributed by atoms with Crippen molar-refractivity contribution in [2.45, 2.75) is 19.8 Å². The van der Waals surface area contributed by atoms with E-state index >= 15 is 0 Å². The van der Waals surface area contributed by atoms with E-state index in [1.807, 2.05) is 60.8 Å². The first kappa shape index (κ1) is 16.9. The second kappa shape index (κ2) is 6.13. The Morgan fingerprint density at radius 1 is 0.857 bits per heavy atom. The summed E-state index contributed by atoms with van der Waals surface area (Å²) in [6.07, 6.45) is 3.67. The smallest absolute Gasteiger partial charge is 0.145 e. The minimum Gasteiger partial charge on any atom is -0.299 e. The van der Waals surface area contributed by atoms with E-state index in [9.17, 15) is 8.78 Å². The van der Waals surface area contributed by atoms with Crippen molar-refractivity contribution in [2.75, 3.05) is 0 Å². The third-order valence-corrected chi connectivity index (χ3v) is 5.37. The van der Waals surface area contributed by atoms with Crippen molar-refractivity contribution in [1.29, 1.82) is 0 Å². The zero-order valence-corrected chi connectivity index (χ0v) is 15.6. The monoisotopic (exact) mass is 372 g/mol. The lowest BCUT2D eigenvalue weighted by Crippen LogP contribution is -1.97. The Morgan fingerprint density at radius 3 is 2.29 bits per heavy atom. The van der Waals surface area contributed by atoms with Gasteiger partial charge in [-0.2, -0.15) is 0 Å². The van der Waals surface area contributed by atoms with Crippen LogP contribution in [-0.2, 0) is 0 Å². The van der Waals surface area contributed by atoms with Crippen LogP contribution in [0.2, 0.25) is 0 Å². The summed E-state index contributed by atoms with van der Waals surface area (Å²) in [5.41, 5.74) is 3.03. The molecule has 2 nitrogen and oxygen atoms in total. The van der Waals surface area contributed by atoms with E-state index < -0.39 is 11.6 Å². The van der Waals surface area contributed by atoms with Crippen LogP contribution in [-0.4, -0.2) is 9.38 Å². The highest BCUT2D eigenvalue weighted by molar-refractivity contribution is 6.12. The van der Waals surface area contributed by atoms with Crippen LogP contribution >= 0.6 is 0 Å². The predicted octanol–water partition coefficient (Wildman–Crippen LogP) is 6.71. The topological polar surface area (TPSA) is 17.3 Å². The molecular formula is C24H18F2N2. The van der Waals surface area contributed by atoms with Gasteiger partial charge in [0, 0.05) is 23.2 Å². The molecule has 0 radical (unpaired) electrons. The number of aromatic nitrogens is 2. The van der Waals surface area contributed by atoms with Gasteiger partial charge >= 0.3 is 0 Å². The Kier molecular flexibility index (Phi) is 3.69. The van der Waals surface area contributed by atoms with E-state index in [1.165, 1.54) is 12.1 Å². The first-order chi connectivity index (χ1) is 13.5. The largest absolute Gasteiger partial charge is 0.299 e. The van der Waals surface area contributed by atoms with Crippen molar-refractivity contribution in [3.63, 3.8) is 0 Å². The molecule has 0 N–H and O–H groups in total. The van der Waals surface area contributed by atoms with Gasteiger partial charge in [-0.25, -0.2) is 13.8 Å². The van der Waals surface area contributed by atoms with Gasteiger partial charge in [-0.15, -0.1) is 0 Å². The van der Waals surface area contributed by atoms with Crippen molar-refractivity contribution >= 4 is 27.3 Å². The van der Waals surface area contributed by atoms with Crippen molar-refractivity contribution in [1.82, 2.24) is 9.38 Å². The number of halogens is 2. The summed E-state index contributed by atoms with van der Waals surface area (Å²) in [4.78, 5) is 4.47. The van der Waals surface area contributed by atoms with Gasteiger partial charge in [-0.3, -0.25) is 4.40 Å². The predicted molar refractivity (Wildman–Crippen MR) is 110 cm³/mol. The summed E-state index contributed by atoms with van der Waals surface area (Å²) in [5, 5.41) is 2.95. The molecule has 0 aliphatic heterocycles. The second-order valence-electron chi connectivity index (χ2n) is 7.41. The van der Waals surface area contributed by atoms with Gasteiger partial charge in [0.2, 0.25) is 0 Å². The molecule has 0 unspecified atom stereocenters. The zero-order valence-electron chi connectivity index (χ0n) is 15.6. The third kappa shape index (κ3) is 2.41. The third-order valence-electron chi connectivity index (χ3n) is 5.37. The summed E-state index contributed by atoms with van der Waals surface area (Å²) < 4.78 is 31.6. The van der Waals surface area contributed by atoms with Gasteiger partial charge in [0.1, 0.15) is 17.3 Å². The normalized spacial score (nSPS) is 11.9. The maximum absolute atomic E-state index is 14.8. The Morgan fingerprint density at radius 2 is 1.57 bits per heavy atom. The van der Waals surface area contributed by atoms with Gasteiger partial charge in [0.25, 0.3) is 0 Å². The molecule has 4 heteroatoms. The Hall–Kier alpha value is -3.27. The van der Waals surface area contributed by atoms with E-state index in [4.69, 9.17) is 0 Å². The molecule has 0 spiro atoms. The Bertz CT molecular complexity index is 1340. The number of hydrogen-bond donors (Lipinski definition) is 0. The van der Waals surface area contributed by atoms with Crippen molar-refractivity contribution in [3.8, 4) is 11.1 Å². The Labute approximate surface area is 161 Å².